The molecular weight excluding hydrogens is 439 g/mol. The highest BCUT2D eigenvalue weighted by atomic mass is 35.5. The molecule has 1 saturated heterocycles. The molecule has 0 spiro atoms. The summed E-state index contributed by atoms with van der Waals surface area (Å²) < 4.78 is 31.8. The zero-order valence-electron chi connectivity index (χ0n) is 15.9. The molecule has 1 aliphatic heterocycles. The molecule has 1 aromatic carbocycles. The summed E-state index contributed by atoms with van der Waals surface area (Å²) in [6, 6.07) is 5.99. The molecule has 0 aliphatic carbocycles. The van der Waals surface area contributed by atoms with Gasteiger partial charge in [-0.25, -0.2) is 18.1 Å². The SMILES string of the molecule is CNS(=O)(=O)c1cc(C(=O)N2CCN(c3ncc(Cl)cc3Cl)CC2)ccc1OC. The normalized spacial score (nSPS) is 14.8. The van der Waals surface area contributed by atoms with Crippen molar-refractivity contribution in [1.29, 1.82) is 0 Å². The Labute approximate surface area is 179 Å². The lowest BCUT2D eigenvalue weighted by molar-refractivity contribution is 0.0746. The first-order valence-corrected chi connectivity index (χ1v) is 11.0. The number of amides is 1. The van der Waals surface area contributed by atoms with Gasteiger partial charge in [-0.2, -0.15) is 0 Å². The zero-order chi connectivity index (χ0) is 21.2. The van der Waals surface area contributed by atoms with Crippen LogP contribution in [0.2, 0.25) is 10.0 Å². The summed E-state index contributed by atoms with van der Waals surface area (Å²) in [6.07, 6.45) is 1.53. The number of sulfonamides is 1. The molecule has 1 aliphatic rings. The Morgan fingerprint density at radius 1 is 1.17 bits per heavy atom. The minimum Gasteiger partial charge on any atom is -0.495 e. The molecule has 29 heavy (non-hydrogen) atoms. The highest BCUT2D eigenvalue weighted by Crippen LogP contribution is 2.28. The number of methoxy groups -OCH3 is 1. The third kappa shape index (κ3) is 4.58. The molecule has 1 N–H and O–H groups in total. The fraction of sp³-hybridized carbons (Fsp3) is 0.333. The molecule has 2 heterocycles. The van der Waals surface area contributed by atoms with Gasteiger partial charge in [0.25, 0.3) is 5.91 Å². The zero-order valence-corrected chi connectivity index (χ0v) is 18.2. The largest absolute Gasteiger partial charge is 0.495 e. The number of carbonyl (C=O) groups excluding carboxylic acids is 1. The van der Waals surface area contributed by atoms with E-state index in [1.54, 1.807) is 17.0 Å². The van der Waals surface area contributed by atoms with E-state index < -0.39 is 10.0 Å². The number of nitrogens with one attached hydrogen (secondary N) is 1. The van der Waals surface area contributed by atoms with Gasteiger partial charge in [0.2, 0.25) is 10.0 Å². The van der Waals surface area contributed by atoms with Crippen molar-refractivity contribution in [3.05, 3.63) is 46.1 Å². The van der Waals surface area contributed by atoms with Crippen molar-refractivity contribution in [2.75, 3.05) is 45.2 Å². The van der Waals surface area contributed by atoms with E-state index in [1.807, 2.05) is 4.90 Å². The first kappa shape index (κ1) is 21.6. The number of aromatic nitrogens is 1. The minimum atomic E-state index is -3.77. The number of benzene rings is 1. The second-order valence-electron chi connectivity index (χ2n) is 6.31. The van der Waals surface area contributed by atoms with Gasteiger partial charge in [0, 0.05) is 37.9 Å². The van der Waals surface area contributed by atoms with E-state index >= 15 is 0 Å². The molecule has 0 radical (unpaired) electrons. The van der Waals surface area contributed by atoms with Gasteiger partial charge < -0.3 is 14.5 Å². The number of rotatable bonds is 5. The number of anilines is 1. The lowest BCUT2D eigenvalue weighted by Gasteiger charge is -2.35. The van der Waals surface area contributed by atoms with Crippen LogP contribution in [0, 0.1) is 0 Å². The Morgan fingerprint density at radius 3 is 2.45 bits per heavy atom. The second kappa shape index (κ2) is 8.74. The van der Waals surface area contributed by atoms with Crippen LogP contribution in [0.15, 0.2) is 35.4 Å². The lowest BCUT2D eigenvalue weighted by Crippen LogP contribution is -2.49. The fourth-order valence-corrected chi connectivity index (χ4v) is 4.49. The van der Waals surface area contributed by atoms with Gasteiger partial charge in [-0.15, -0.1) is 0 Å². The topological polar surface area (TPSA) is 91.8 Å². The minimum absolute atomic E-state index is 0.0795. The fourth-order valence-electron chi connectivity index (χ4n) is 3.07. The van der Waals surface area contributed by atoms with Crippen molar-refractivity contribution in [3.63, 3.8) is 0 Å². The quantitative estimate of drug-likeness (QED) is 0.738. The molecular formula is C18H20Cl2N4O4S. The first-order valence-electron chi connectivity index (χ1n) is 8.73. The van der Waals surface area contributed by atoms with Crippen molar-refractivity contribution < 1.29 is 17.9 Å². The Kier molecular flexibility index (Phi) is 6.52. The Hall–Kier alpha value is -2.07. The molecule has 0 saturated carbocycles. The van der Waals surface area contributed by atoms with Crippen LogP contribution in [-0.4, -0.2) is 64.5 Å². The van der Waals surface area contributed by atoms with Crippen LogP contribution >= 0.6 is 23.2 Å². The predicted molar refractivity (Wildman–Crippen MR) is 112 cm³/mol. The maximum Gasteiger partial charge on any atom is 0.254 e. The van der Waals surface area contributed by atoms with Crippen LogP contribution in [0.5, 0.6) is 5.75 Å². The molecule has 2 aromatic rings. The maximum absolute atomic E-state index is 12.9. The second-order valence-corrected chi connectivity index (χ2v) is 9.01. The van der Waals surface area contributed by atoms with Crippen LogP contribution in [0.3, 0.4) is 0 Å². The maximum atomic E-state index is 12.9. The molecule has 1 aromatic heterocycles. The van der Waals surface area contributed by atoms with Crippen LogP contribution in [0.4, 0.5) is 5.82 Å². The van der Waals surface area contributed by atoms with E-state index in [0.717, 1.165) is 0 Å². The number of ether oxygens (including phenoxy) is 1. The number of halogens is 2. The van der Waals surface area contributed by atoms with Gasteiger partial charge in [0.1, 0.15) is 16.5 Å². The van der Waals surface area contributed by atoms with Gasteiger partial charge >= 0.3 is 0 Å². The van der Waals surface area contributed by atoms with Crippen molar-refractivity contribution >= 4 is 45.0 Å². The molecule has 8 nitrogen and oxygen atoms in total. The van der Waals surface area contributed by atoms with Crippen molar-refractivity contribution in [3.8, 4) is 5.75 Å². The van der Waals surface area contributed by atoms with Gasteiger partial charge in [0.05, 0.1) is 17.2 Å². The summed E-state index contributed by atoms with van der Waals surface area (Å²) in [5.74, 6) is 0.536. The third-order valence-electron chi connectivity index (χ3n) is 4.62. The standard InChI is InChI=1S/C18H20Cl2N4O4S/c1-21-29(26,27)16-9-12(3-4-15(16)28-2)18(25)24-7-5-23(6-8-24)17-14(20)10-13(19)11-22-17/h3-4,9-11,21H,5-8H2,1-2H3. The van der Waals surface area contributed by atoms with Gasteiger partial charge in [0.15, 0.2) is 0 Å². The third-order valence-corrected chi connectivity index (χ3v) is 6.54. The number of pyridine rings is 1. The molecule has 0 unspecified atom stereocenters. The van der Waals surface area contributed by atoms with Crippen LogP contribution in [-0.2, 0) is 10.0 Å². The number of piperazine rings is 1. The van der Waals surface area contributed by atoms with E-state index in [1.165, 1.54) is 32.5 Å². The molecule has 0 atom stereocenters. The average molecular weight is 459 g/mol. The van der Waals surface area contributed by atoms with Crippen LogP contribution < -0.4 is 14.4 Å². The van der Waals surface area contributed by atoms with Gasteiger partial charge in [-0.05, 0) is 31.3 Å². The molecule has 1 amide bonds. The van der Waals surface area contributed by atoms with Crippen LogP contribution in [0.1, 0.15) is 10.4 Å². The Morgan fingerprint density at radius 2 is 1.86 bits per heavy atom. The number of hydrogen-bond donors (Lipinski definition) is 1. The predicted octanol–water partition coefficient (Wildman–Crippen LogP) is 2.27. The molecule has 156 valence electrons. The van der Waals surface area contributed by atoms with E-state index in [9.17, 15) is 13.2 Å². The van der Waals surface area contributed by atoms with Crippen molar-refractivity contribution in [2.45, 2.75) is 4.90 Å². The summed E-state index contributed by atoms with van der Waals surface area (Å²) in [5, 5.41) is 0.911. The Balaban J connectivity index is 1.76. The van der Waals surface area contributed by atoms with Crippen molar-refractivity contribution in [1.82, 2.24) is 14.6 Å². The lowest BCUT2D eigenvalue weighted by atomic mass is 10.1. The van der Waals surface area contributed by atoms with E-state index in [4.69, 9.17) is 27.9 Å². The highest BCUT2D eigenvalue weighted by molar-refractivity contribution is 7.89. The summed E-state index contributed by atoms with van der Waals surface area (Å²) >= 11 is 12.1. The number of nitrogens with zero attached hydrogens (tertiary/aromatic N) is 3. The number of carbonyl (C=O) groups is 1. The summed E-state index contributed by atoms with van der Waals surface area (Å²) in [7, 11) is -1.09. The van der Waals surface area contributed by atoms with Crippen LogP contribution in [0.25, 0.3) is 0 Å². The molecule has 3 rings (SSSR count). The van der Waals surface area contributed by atoms with Crippen molar-refractivity contribution in [2.24, 2.45) is 0 Å². The number of hydrogen-bond acceptors (Lipinski definition) is 6. The summed E-state index contributed by atoms with van der Waals surface area (Å²) in [5.41, 5.74) is 0.274. The van der Waals surface area contributed by atoms with Gasteiger partial charge in [-0.3, -0.25) is 4.79 Å². The highest BCUT2D eigenvalue weighted by Gasteiger charge is 2.26. The van der Waals surface area contributed by atoms with E-state index in [-0.39, 0.29) is 22.1 Å². The molecule has 1 fully saturated rings. The van der Waals surface area contributed by atoms with Gasteiger partial charge in [-0.1, -0.05) is 23.2 Å². The summed E-state index contributed by atoms with van der Waals surface area (Å²) in [4.78, 5) is 20.7. The first-order chi connectivity index (χ1) is 13.8. The monoisotopic (exact) mass is 458 g/mol. The molecule has 0 bridgehead atoms. The summed E-state index contributed by atoms with van der Waals surface area (Å²) in [6.45, 7) is 1.97. The Bertz CT molecular complexity index is 1020. The molecule has 11 heteroatoms. The van der Waals surface area contributed by atoms with E-state index in [2.05, 4.69) is 9.71 Å². The average Bonchev–Trinajstić information content (AvgIpc) is 2.73. The smallest absolute Gasteiger partial charge is 0.254 e. The van der Waals surface area contributed by atoms with E-state index in [0.29, 0.717) is 42.0 Å².